The SMILES string of the molecule is O=S(=O)(/C=C/c1ccccc1)N(c1ccccc1)c1ccccc1. The summed E-state index contributed by atoms with van der Waals surface area (Å²) < 4.78 is 27.2. The van der Waals surface area contributed by atoms with Crippen LogP contribution in [0.2, 0.25) is 0 Å². The van der Waals surface area contributed by atoms with E-state index in [9.17, 15) is 8.42 Å². The molecular weight excluding hydrogens is 318 g/mol. The summed E-state index contributed by atoms with van der Waals surface area (Å²) in [6, 6.07) is 27.5. The highest BCUT2D eigenvalue weighted by molar-refractivity contribution is 7.96. The fraction of sp³-hybridized carbons (Fsp3) is 0. The Hall–Kier alpha value is -2.85. The Labute approximate surface area is 142 Å². The summed E-state index contributed by atoms with van der Waals surface area (Å²) in [6.07, 6.45) is 1.61. The van der Waals surface area contributed by atoms with Crippen LogP contribution in [0.4, 0.5) is 11.4 Å². The van der Waals surface area contributed by atoms with Gasteiger partial charge in [-0.2, -0.15) is 0 Å². The van der Waals surface area contributed by atoms with E-state index in [1.807, 2.05) is 66.7 Å². The van der Waals surface area contributed by atoms with Crippen molar-refractivity contribution in [1.82, 2.24) is 0 Å². The van der Waals surface area contributed by atoms with Gasteiger partial charge in [0.05, 0.1) is 16.8 Å². The second kappa shape index (κ2) is 7.15. The van der Waals surface area contributed by atoms with Crippen LogP contribution in [0.15, 0.2) is 96.4 Å². The van der Waals surface area contributed by atoms with E-state index in [0.717, 1.165) is 5.56 Å². The lowest BCUT2D eigenvalue weighted by Crippen LogP contribution is -2.23. The molecule has 0 radical (unpaired) electrons. The molecule has 0 fully saturated rings. The molecule has 0 bridgehead atoms. The first-order valence-corrected chi connectivity index (χ1v) is 9.06. The monoisotopic (exact) mass is 335 g/mol. The molecule has 3 nitrogen and oxygen atoms in total. The van der Waals surface area contributed by atoms with Crippen LogP contribution in [0.1, 0.15) is 5.56 Å². The van der Waals surface area contributed by atoms with Crippen molar-refractivity contribution < 1.29 is 8.42 Å². The summed E-state index contributed by atoms with van der Waals surface area (Å²) in [5.74, 6) is 0. The number of nitrogens with zero attached hydrogens (tertiary/aromatic N) is 1. The number of anilines is 2. The predicted molar refractivity (Wildman–Crippen MR) is 99.4 cm³/mol. The van der Waals surface area contributed by atoms with E-state index in [1.54, 1.807) is 30.3 Å². The van der Waals surface area contributed by atoms with Gasteiger partial charge in [0.15, 0.2) is 0 Å². The quantitative estimate of drug-likeness (QED) is 0.670. The molecule has 0 saturated carbocycles. The first-order chi connectivity index (χ1) is 11.7. The second-order valence-corrected chi connectivity index (χ2v) is 6.86. The normalized spacial score (nSPS) is 11.5. The average Bonchev–Trinajstić information content (AvgIpc) is 2.63. The van der Waals surface area contributed by atoms with Gasteiger partial charge >= 0.3 is 0 Å². The fourth-order valence-corrected chi connectivity index (χ4v) is 3.64. The highest BCUT2D eigenvalue weighted by Crippen LogP contribution is 2.29. The summed E-state index contributed by atoms with van der Waals surface area (Å²) in [5, 5.41) is 1.24. The lowest BCUT2D eigenvalue weighted by molar-refractivity contribution is 0.605. The molecule has 0 unspecified atom stereocenters. The van der Waals surface area contributed by atoms with Crippen molar-refractivity contribution >= 4 is 27.5 Å². The van der Waals surface area contributed by atoms with E-state index in [2.05, 4.69) is 0 Å². The Morgan fingerprint density at radius 3 is 1.50 bits per heavy atom. The minimum Gasteiger partial charge on any atom is -0.235 e. The summed E-state index contributed by atoms with van der Waals surface area (Å²) in [6.45, 7) is 0. The van der Waals surface area contributed by atoms with Gasteiger partial charge in [0.1, 0.15) is 0 Å². The highest BCUT2D eigenvalue weighted by atomic mass is 32.2. The average molecular weight is 335 g/mol. The number of rotatable bonds is 5. The molecule has 4 heteroatoms. The molecule has 0 spiro atoms. The smallest absolute Gasteiger partial charge is 0.235 e. The van der Waals surface area contributed by atoms with Crippen LogP contribution in [-0.4, -0.2) is 8.42 Å². The number of hydrogen-bond acceptors (Lipinski definition) is 2. The predicted octanol–water partition coefficient (Wildman–Crippen LogP) is 4.83. The summed E-state index contributed by atoms with van der Waals surface area (Å²) >= 11 is 0. The van der Waals surface area contributed by atoms with E-state index in [4.69, 9.17) is 0 Å². The van der Waals surface area contributed by atoms with E-state index in [-0.39, 0.29) is 0 Å². The molecule has 3 aromatic rings. The lowest BCUT2D eigenvalue weighted by atomic mass is 10.2. The maximum atomic E-state index is 12.9. The largest absolute Gasteiger partial charge is 0.261 e. The molecule has 3 aromatic carbocycles. The maximum Gasteiger partial charge on any atom is 0.261 e. The molecule has 0 amide bonds. The van der Waals surface area contributed by atoms with Crippen molar-refractivity contribution in [3.05, 3.63) is 102 Å². The van der Waals surface area contributed by atoms with Gasteiger partial charge in [-0.3, -0.25) is 0 Å². The van der Waals surface area contributed by atoms with Crippen molar-refractivity contribution in [2.24, 2.45) is 0 Å². The van der Waals surface area contributed by atoms with Crippen molar-refractivity contribution in [2.45, 2.75) is 0 Å². The third kappa shape index (κ3) is 3.73. The van der Waals surface area contributed by atoms with Crippen LogP contribution >= 0.6 is 0 Å². The van der Waals surface area contributed by atoms with Crippen LogP contribution in [0.3, 0.4) is 0 Å². The summed E-state index contributed by atoms with van der Waals surface area (Å²) in [4.78, 5) is 0. The second-order valence-electron chi connectivity index (χ2n) is 5.19. The molecule has 0 atom stereocenters. The first-order valence-electron chi connectivity index (χ1n) is 7.55. The molecule has 3 rings (SSSR count). The van der Waals surface area contributed by atoms with E-state index in [1.165, 1.54) is 9.71 Å². The first kappa shape index (κ1) is 16.0. The number of para-hydroxylation sites is 2. The van der Waals surface area contributed by atoms with E-state index < -0.39 is 10.0 Å². The Morgan fingerprint density at radius 1 is 0.625 bits per heavy atom. The Morgan fingerprint density at radius 2 is 1.04 bits per heavy atom. The van der Waals surface area contributed by atoms with Gasteiger partial charge in [-0.05, 0) is 35.9 Å². The molecule has 0 aliphatic carbocycles. The summed E-state index contributed by atoms with van der Waals surface area (Å²) in [7, 11) is -3.67. The van der Waals surface area contributed by atoms with Crippen molar-refractivity contribution in [3.63, 3.8) is 0 Å². The zero-order valence-electron chi connectivity index (χ0n) is 13.0. The third-order valence-corrected chi connectivity index (χ3v) is 4.88. The van der Waals surface area contributed by atoms with E-state index in [0.29, 0.717) is 11.4 Å². The molecule has 0 aliphatic heterocycles. The number of benzene rings is 3. The van der Waals surface area contributed by atoms with Gasteiger partial charge < -0.3 is 0 Å². The Bertz CT molecular complexity index is 866. The molecular formula is C20H17NO2S. The van der Waals surface area contributed by atoms with Crippen LogP contribution in [-0.2, 0) is 10.0 Å². The maximum absolute atomic E-state index is 12.9. The van der Waals surface area contributed by atoms with Crippen LogP contribution in [0.25, 0.3) is 6.08 Å². The van der Waals surface area contributed by atoms with Gasteiger partial charge in [0, 0.05) is 0 Å². The minimum absolute atomic E-state index is 0.599. The van der Waals surface area contributed by atoms with Crippen molar-refractivity contribution in [2.75, 3.05) is 4.31 Å². The standard InChI is InChI=1S/C20H17NO2S/c22-24(23,17-16-18-10-4-1-5-11-18)21(19-12-6-2-7-13-19)20-14-8-3-9-15-20/h1-17H/b17-16+. The molecule has 0 heterocycles. The van der Waals surface area contributed by atoms with Crippen molar-refractivity contribution in [3.8, 4) is 0 Å². The fourth-order valence-electron chi connectivity index (χ4n) is 2.36. The molecule has 0 aliphatic rings. The van der Waals surface area contributed by atoms with Crippen LogP contribution in [0.5, 0.6) is 0 Å². The molecule has 24 heavy (non-hydrogen) atoms. The van der Waals surface area contributed by atoms with E-state index >= 15 is 0 Å². The molecule has 0 aromatic heterocycles. The van der Waals surface area contributed by atoms with Gasteiger partial charge in [0.25, 0.3) is 10.0 Å². The highest BCUT2D eigenvalue weighted by Gasteiger charge is 2.21. The minimum atomic E-state index is -3.67. The van der Waals surface area contributed by atoms with Gasteiger partial charge in [0.2, 0.25) is 0 Å². The summed E-state index contributed by atoms with van der Waals surface area (Å²) in [5.41, 5.74) is 2.03. The third-order valence-electron chi connectivity index (χ3n) is 3.47. The zero-order valence-corrected chi connectivity index (χ0v) is 13.8. The lowest BCUT2D eigenvalue weighted by Gasteiger charge is -2.22. The van der Waals surface area contributed by atoms with Crippen molar-refractivity contribution in [1.29, 1.82) is 0 Å². The number of sulfonamides is 1. The van der Waals surface area contributed by atoms with Crippen LogP contribution in [0, 0.1) is 0 Å². The molecule has 0 N–H and O–H groups in total. The van der Waals surface area contributed by atoms with Gasteiger partial charge in [-0.1, -0.05) is 66.7 Å². The van der Waals surface area contributed by atoms with Gasteiger partial charge in [-0.15, -0.1) is 0 Å². The molecule has 0 saturated heterocycles. The Kier molecular flexibility index (Phi) is 4.77. The Balaban J connectivity index is 2.03. The van der Waals surface area contributed by atoms with Crippen LogP contribution < -0.4 is 4.31 Å². The molecule has 120 valence electrons. The topological polar surface area (TPSA) is 37.4 Å². The number of hydrogen-bond donors (Lipinski definition) is 0. The zero-order chi connectivity index (χ0) is 16.8. The van der Waals surface area contributed by atoms with Gasteiger partial charge in [-0.25, -0.2) is 12.7 Å².